The van der Waals surface area contributed by atoms with Crippen molar-refractivity contribution >= 4 is 34.1 Å². The smallest absolute Gasteiger partial charge is 0.449 e. The van der Waals surface area contributed by atoms with Gasteiger partial charge in [-0.3, -0.25) is 0 Å². The van der Waals surface area contributed by atoms with E-state index in [9.17, 15) is 9.59 Å². The van der Waals surface area contributed by atoms with Crippen molar-refractivity contribution in [3.05, 3.63) is 60.2 Å². The van der Waals surface area contributed by atoms with Crippen molar-refractivity contribution in [1.82, 2.24) is 9.97 Å². The first-order chi connectivity index (χ1) is 13.9. The summed E-state index contributed by atoms with van der Waals surface area (Å²) in [6, 6.07) is 16.0. The number of pyridine rings is 2. The summed E-state index contributed by atoms with van der Waals surface area (Å²) in [5.74, 6) is -0.222. The van der Waals surface area contributed by atoms with E-state index in [1.807, 2.05) is 43.3 Å². The number of nitrogens with zero attached hydrogens (tertiary/aromatic N) is 2. The van der Waals surface area contributed by atoms with E-state index in [-0.39, 0.29) is 11.8 Å². The summed E-state index contributed by atoms with van der Waals surface area (Å²) in [5, 5.41) is 19.3. The van der Waals surface area contributed by atoms with E-state index in [0.717, 1.165) is 11.1 Å². The van der Waals surface area contributed by atoms with Crippen LogP contribution in [0.15, 0.2) is 54.6 Å². The molecule has 8 heteroatoms. The fourth-order valence-electron chi connectivity index (χ4n) is 3.09. The molecule has 0 aliphatic heterocycles. The van der Waals surface area contributed by atoms with Crippen LogP contribution in [0.4, 0.5) is 9.59 Å². The quantitative estimate of drug-likeness (QED) is 0.375. The molecule has 0 bridgehead atoms. The van der Waals surface area contributed by atoms with Crippen LogP contribution < -0.4 is 9.47 Å². The number of ether oxygens (including phenoxy) is 2. The van der Waals surface area contributed by atoms with E-state index in [0.29, 0.717) is 27.4 Å². The molecule has 0 spiro atoms. The summed E-state index contributed by atoms with van der Waals surface area (Å²) >= 11 is 0. The van der Waals surface area contributed by atoms with E-state index in [1.165, 1.54) is 6.07 Å². The molecule has 2 N–H and O–H groups in total. The molecule has 4 aromatic rings. The highest BCUT2D eigenvalue weighted by molar-refractivity contribution is 6.08. The van der Waals surface area contributed by atoms with Gasteiger partial charge in [-0.05, 0) is 24.1 Å². The maximum Gasteiger partial charge on any atom is 0.512 e. The van der Waals surface area contributed by atoms with E-state index in [1.54, 1.807) is 12.1 Å². The fourth-order valence-corrected chi connectivity index (χ4v) is 3.09. The van der Waals surface area contributed by atoms with Crippen LogP contribution >= 0.6 is 0 Å². The SMILES string of the molecule is Cc1ccc(-c2cc(OC(=O)O)nc3c2ccc2ccc(OC(=O)O)nc23)cc1. The number of aryl methyl sites for hydroxylation is 1. The molecule has 0 radical (unpaired) electrons. The Labute approximate surface area is 164 Å². The van der Waals surface area contributed by atoms with Crippen molar-refractivity contribution in [2.45, 2.75) is 6.92 Å². The number of rotatable bonds is 3. The van der Waals surface area contributed by atoms with Crippen molar-refractivity contribution < 1.29 is 29.3 Å². The van der Waals surface area contributed by atoms with Gasteiger partial charge in [-0.1, -0.05) is 42.0 Å². The molecule has 0 saturated heterocycles. The molecule has 2 aromatic carbocycles. The molecule has 8 nitrogen and oxygen atoms in total. The van der Waals surface area contributed by atoms with Crippen LogP contribution in [0, 0.1) is 6.92 Å². The summed E-state index contributed by atoms with van der Waals surface area (Å²) in [4.78, 5) is 30.5. The van der Waals surface area contributed by atoms with Gasteiger partial charge in [0.2, 0.25) is 11.8 Å². The zero-order valence-electron chi connectivity index (χ0n) is 15.1. The molecule has 2 heterocycles. The van der Waals surface area contributed by atoms with Crippen LogP contribution in [0.25, 0.3) is 32.9 Å². The Morgan fingerprint density at radius 3 is 2.10 bits per heavy atom. The lowest BCUT2D eigenvalue weighted by Crippen LogP contribution is -2.06. The van der Waals surface area contributed by atoms with Gasteiger partial charge in [0.05, 0.1) is 0 Å². The molecule has 0 amide bonds. The van der Waals surface area contributed by atoms with E-state index < -0.39 is 12.3 Å². The Morgan fingerprint density at radius 2 is 1.41 bits per heavy atom. The Balaban J connectivity index is 2.03. The second kappa shape index (κ2) is 7.08. The summed E-state index contributed by atoms with van der Waals surface area (Å²) < 4.78 is 9.45. The summed E-state index contributed by atoms with van der Waals surface area (Å²) in [7, 11) is 0. The molecule has 0 fully saturated rings. The Kier molecular flexibility index (Phi) is 4.44. The zero-order valence-corrected chi connectivity index (χ0v) is 15.1. The van der Waals surface area contributed by atoms with Gasteiger partial charge in [-0.15, -0.1) is 0 Å². The molecular weight excluding hydrogens is 376 g/mol. The zero-order chi connectivity index (χ0) is 20.5. The van der Waals surface area contributed by atoms with Gasteiger partial charge in [0.1, 0.15) is 11.0 Å². The van der Waals surface area contributed by atoms with Crippen LogP contribution in [-0.4, -0.2) is 32.5 Å². The van der Waals surface area contributed by atoms with Crippen LogP contribution in [0.1, 0.15) is 5.56 Å². The van der Waals surface area contributed by atoms with E-state index in [4.69, 9.17) is 14.9 Å². The third-order valence-corrected chi connectivity index (χ3v) is 4.34. The van der Waals surface area contributed by atoms with Gasteiger partial charge in [-0.25, -0.2) is 19.6 Å². The van der Waals surface area contributed by atoms with Crippen molar-refractivity contribution in [3.63, 3.8) is 0 Å². The van der Waals surface area contributed by atoms with Gasteiger partial charge >= 0.3 is 12.3 Å². The first-order valence-electron chi connectivity index (χ1n) is 8.54. The predicted octanol–water partition coefficient (Wildman–Crippen LogP) is 4.87. The fraction of sp³-hybridized carbons (Fsp3) is 0.0476. The number of fused-ring (bicyclic) bond motifs is 3. The lowest BCUT2D eigenvalue weighted by atomic mass is 9.99. The lowest BCUT2D eigenvalue weighted by Gasteiger charge is -2.11. The molecule has 144 valence electrons. The van der Waals surface area contributed by atoms with E-state index in [2.05, 4.69) is 14.7 Å². The van der Waals surface area contributed by atoms with Crippen LogP contribution in [0.3, 0.4) is 0 Å². The molecule has 0 aliphatic carbocycles. The number of carbonyl (C=O) groups is 2. The highest BCUT2D eigenvalue weighted by atomic mass is 16.7. The third-order valence-electron chi connectivity index (χ3n) is 4.34. The number of carboxylic acid groups (broad SMARTS) is 2. The Bertz CT molecular complexity index is 1270. The summed E-state index contributed by atoms with van der Waals surface area (Å²) in [5.41, 5.74) is 3.37. The number of hydrogen-bond donors (Lipinski definition) is 2. The lowest BCUT2D eigenvalue weighted by molar-refractivity contribution is 0.141. The first kappa shape index (κ1) is 18.2. The highest BCUT2D eigenvalue weighted by Gasteiger charge is 2.15. The Hall–Kier alpha value is -4.20. The molecular formula is C21H14N2O6. The monoisotopic (exact) mass is 390 g/mol. The standard InChI is InChI=1S/C21H14N2O6/c1-11-2-4-12(5-3-11)15-10-17(29-21(26)27)23-19-14(15)8-6-13-7-9-16(22-18(13)19)28-20(24)25/h2-10H,1H3,(H,24,25)(H,26,27). The second-order valence-corrected chi connectivity index (χ2v) is 6.29. The normalized spacial score (nSPS) is 10.8. The number of benzene rings is 2. The average molecular weight is 390 g/mol. The van der Waals surface area contributed by atoms with Crippen LogP contribution in [0.2, 0.25) is 0 Å². The Morgan fingerprint density at radius 1 is 0.793 bits per heavy atom. The van der Waals surface area contributed by atoms with Crippen LogP contribution in [0.5, 0.6) is 11.8 Å². The molecule has 4 rings (SSSR count). The highest BCUT2D eigenvalue weighted by Crippen LogP contribution is 2.35. The molecule has 2 aromatic heterocycles. The van der Waals surface area contributed by atoms with Gasteiger partial charge in [0.15, 0.2) is 0 Å². The molecule has 29 heavy (non-hydrogen) atoms. The maximum atomic E-state index is 11.1. The summed E-state index contributed by atoms with van der Waals surface area (Å²) in [6.45, 7) is 1.97. The topological polar surface area (TPSA) is 119 Å². The van der Waals surface area contributed by atoms with Crippen molar-refractivity contribution in [1.29, 1.82) is 0 Å². The minimum Gasteiger partial charge on any atom is -0.449 e. The van der Waals surface area contributed by atoms with E-state index >= 15 is 0 Å². The second-order valence-electron chi connectivity index (χ2n) is 6.29. The minimum absolute atomic E-state index is 0.110. The molecule has 0 atom stereocenters. The maximum absolute atomic E-state index is 11.1. The van der Waals surface area contributed by atoms with Gasteiger partial charge in [0.25, 0.3) is 0 Å². The first-order valence-corrected chi connectivity index (χ1v) is 8.54. The summed E-state index contributed by atoms with van der Waals surface area (Å²) in [6.07, 6.45) is -2.98. The average Bonchev–Trinajstić information content (AvgIpc) is 2.67. The molecule has 0 aliphatic rings. The molecule has 0 unspecified atom stereocenters. The van der Waals surface area contributed by atoms with Gasteiger partial charge < -0.3 is 19.7 Å². The number of aromatic nitrogens is 2. The van der Waals surface area contributed by atoms with Gasteiger partial charge in [0, 0.05) is 22.9 Å². The number of hydrogen-bond acceptors (Lipinski definition) is 6. The van der Waals surface area contributed by atoms with Crippen molar-refractivity contribution in [2.24, 2.45) is 0 Å². The predicted molar refractivity (Wildman–Crippen MR) is 105 cm³/mol. The van der Waals surface area contributed by atoms with Crippen molar-refractivity contribution in [2.75, 3.05) is 0 Å². The largest absolute Gasteiger partial charge is 0.512 e. The third kappa shape index (κ3) is 3.63. The molecule has 0 saturated carbocycles. The van der Waals surface area contributed by atoms with Gasteiger partial charge in [-0.2, -0.15) is 0 Å². The van der Waals surface area contributed by atoms with Crippen LogP contribution in [-0.2, 0) is 0 Å². The van der Waals surface area contributed by atoms with Crippen molar-refractivity contribution in [3.8, 4) is 22.9 Å². The minimum atomic E-state index is -1.49.